The van der Waals surface area contributed by atoms with E-state index >= 15 is 0 Å². The maximum absolute atomic E-state index is 13.8. The van der Waals surface area contributed by atoms with Crippen LogP contribution in [0, 0.1) is 76.9 Å². The molecule has 5 nitrogen and oxygen atoms in total. The Bertz CT molecular complexity index is 1020. The molecule has 1 unspecified atom stereocenters. The summed E-state index contributed by atoms with van der Waals surface area (Å²) in [6, 6.07) is 2.18. The summed E-state index contributed by atoms with van der Waals surface area (Å²) in [7, 11) is 0. The van der Waals surface area contributed by atoms with Crippen molar-refractivity contribution in [1.82, 2.24) is 9.78 Å². The average molecular weight is 450 g/mol. The molecule has 0 bridgehead atoms. The lowest BCUT2D eigenvalue weighted by Gasteiger charge is -2.58. The number of aromatic nitrogens is 2. The minimum absolute atomic E-state index is 0.117. The molecular formula is C28H39N3O2. The second kappa shape index (κ2) is 7.17. The van der Waals surface area contributed by atoms with E-state index in [1.807, 2.05) is 13.8 Å². The van der Waals surface area contributed by atoms with E-state index in [0.717, 1.165) is 36.3 Å². The van der Waals surface area contributed by atoms with E-state index in [0.29, 0.717) is 47.5 Å². The summed E-state index contributed by atoms with van der Waals surface area (Å²) in [4.78, 5) is 13.8. The molecule has 1 N–H and O–H groups in total. The van der Waals surface area contributed by atoms with Crippen LogP contribution in [0.15, 0.2) is 6.20 Å². The molecule has 5 heteroatoms. The first-order chi connectivity index (χ1) is 15.7. The fourth-order valence-corrected chi connectivity index (χ4v) is 10.0. The molecule has 0 saturated heterocycles. The van der Waals surface area contributed by atoms with E-state index in [9.17, 15) is 15.2 Å². The zero-order valence-electron chi connectivity index (χ0n) is 20.6. The Hall–Kier alpha value is -1.67. The first-order valence-corrected chi connectivity index (χ1v) is 13.3. The Kier molecular flexibility index (Phi) is 4.74. The molecule has 5 saturated carbocycles. The number of carbonyl (C=O) groups is 1. The molecule has 11 atom stereocenters. The maximum Gasteiger partial charge on any atom is 0.158 e. The second-order valence-corrected chi connectivity index (χ2v) is 13.0. The van der Waals surface area contributed by atoms with Gasteiger partial charge in [-0.15, -0.1) is 0 Å². The van der Waals surface area contributed by atoms with Crippen LogP contribution in [-0.2, 0) is 11.3 Å². The van der Waals surface area contributed by atoms with Crippen molar-refractivity contribution in [2.45, 2.75) is 84.8 Å². The normalized spacial score (nSPS) is 49.9. The number of aliphatic hydroxyl groups is 1. The highest BCUT2D eigenvalue weighted by Gasteiger charge is 2.73. The third kappa shape index (κ3) is 3.05. The molecular weight excluding hydrogens is 410 g/mol. The van der Waals surface area contributed by atoms with Crippen LogP contribution in [0.3, 0.4) is 0 Å². The summed E-state index contributed by atoms with van der Waals surface area (Å²) in [6.45, 7) is 9.08. The summed E-state index contributed by atoms with van der Waals surface area (Å²) in [5.74, 6) is 6.13. The van der Waals surface area contributed by atoms with E-state index in [1.165, 1.54) is 32.1 Å². The van der Waals surface area contributed by atoms with Gasteiger partial charge in [0.15, 0.2) is 5.78 Å². The Morgan fingerprint density at radius 2 is 1.94 bits per heavy atom. The zero-order chi connectivity index (χ0) is 23.3. The molecule has 33 heavy (non-hydrogen) atoms. The SMILES string of the molecule is Cc1c(C#N)cnn1CC(=O)[C@H]1[C@@H]2C([C@@H]2C)[C@H]2[C@@H]3CC[C@@H]4C[C@](C)(O)CC[C@@H]4[C@H]3CC[C@]12C. The number of hydrogen-bond acceptors (Lipinski definition) is 4. The number of hydrogen-bond donors (Lipinski definition) is 1. The number of rotatable bonds is 3. The molecule has 1 aromatic heterocycles. The van der Waals surface area contributed by atoms with Gasteiger partial charge in [-0.05, 0) is 112 Å². The third-order valence-electron chi connectivity index (χ3n) is 11.4. The highest BCUT2D eigenvalue weighted by atomic mass is 16.3. The van der Waals surface area contributed by atoms with Crippen LogP contribution in [0.2, 0.25) is 0 Å². The van der Waals surface area contributed by atoms with Crippen molar-refractivity contribution in [2.75, 3.05) is 0 Å². The van der Waals surface area contributed by atoms with Gasteiger partial charge in [0, 0.05) is 5.92 Å². The number of carbonyl (C=O) groups excluding carboxylic acids is 1. The number of ketones is 1. The monoisotopic (exact) mass is 449 g/mol. The van der Waals surface area contributed by atoms with Crippen molar-refractivity contribution >= 4 is 5.78 Å². The number of nitrogens with zero attached hydrogens (tertiary/aromatic N) is 3. The second-order valence-electron chi connectivity index (χ2n) is 13.0. The number of nitriles is 1. The first-order valence-electron chi connectivity index (χ1n) is 13.3. The molecule has 5 aliphatic carbocycles. The third-order valence-corrected chi connectivity index (χ3v) is 11.4. The lowest BCUT2D eigenvalue weighted by Crippen LogP contribution is -2.52. The molecule has 5 fully saturated rings. The van der Waals surface area contributed by atoms with Crippen LogP contribution >= 0.6 is 0 Å². The lowest BCUT2D eigenvalue weighted by atomic mass is 9.47. The molecule has 1 aromatic rings. The first kappa shape index (κ1) is 21.8. The predicted molar refractivity (Wildman–Crippen MR) is 125 cm³/mol. The lowest BCUT2D eigenvalue weighted by molar-refractivity contribution is -0.137. The molecule has 1 heterocycles. The van der Waals surface area contributed by atoms with Crippen molar-refractivity contribution in [2.24, 2.45) is 58.7 Å². The predicted octanol–water partition coefficient (Wildman–Crippen LogP) is 4.75. The van der Waals surface area contributed by atoms with Gasteiger partial charge in [0.1, 0.15) is 12.6 Å². The minimum atomic E-state index is -0.464. The van der Waals surface area contributed by atoms with Crippen LogP contribution in [-0.4, -0.2) is 26.3 Å². The van der Waals surface area contributed by atoms with Gasteiger partial charge in [-0.1, -0.05) is 13.8 Å². The smallest absolute Gasteiger partial charge is 0.158 e. The van der Waals surface area contributed by atoms with E-state index in [4.69, 9.17) is 0 Å². The fourth-order valence-electron chi connectivity index (χ4n) is 10.0. The highest BCUT2D eigenvalue weighted by molar-refractivity contribution is 5.83. The van der Waals surface area contributed by atoms with Crippen molar-refractivity contribution < 1.29 is 9.90 Å². The summed E-state index contributed by atoms with van der Waals surface area (Å²) < 4.78 is 1.75. The Morgan fingerprint density at radius 3 is 2.67 bits per heavy atom. The molecule has 0 amide bonds. The Labute approximate surface area is 197 Å². The van der Waals surface area contributed by atoms with Crippen molar-refractivity contribution in [1.29, 1.82) is 5.26 Å². The van der Waals surface area contributed by atoms with Crippen LogP contribution in [0.4, 0.5) is 0 Å². The van der Waals surface area contributed by atoms with E-state index in [1.54, 1.807) is 10.9 Å². The van der Waals surface area contributed by atoms with Crippen LogP contribution in [0.5, 0.6) is 0 Å². The Balaban J connectivity index is 1.26. The van der Waals surface area contributed by atoms with E-state index in [2.05, 4.69) is 25.0 Å². The molecule has 0 aliphatic heterocycles. The van der Waals surface area contributed by atoms with E-state index in [-0.39, 0.29) is 11.3 Å². The summed E-state index contributed by atoms with van der Waals surface area (Å²) in [5.41, 5.74) is 1.03. The highest BCUT2D eigenvalue weighted by Crippen LogP contribution is 2.76. The number of Topliss-reactive ketones (excluding diaryl/α,β-unsaturated/α-hetero) is 1. The standard InChI is InChI=1S/C28H39N3O2/c1-15-23-24(15)26(22(32)14-31-16(2)18(12-29)13-30-31)28(4)10-8-20-19-7-9-27(3,33)11-17(19)5-6-21(20)25(23)28/h13,15,17,19-21,23-26,33H,5-11,14H2,1-4H3/t15-,17+,19-,20+,21+,23?,24-,25+,26-,27+,28-/m0/s1. The quantitative estimate of drug-likeness (QED) is 0.722. The van der Waals surface area contributed by atoms with Gasteiger partial charge >= 0.3 is 0 Å². The minimum Gasteiger partial charge on any atom is -0.390 e. The van der Waals surface area contributed by atoms with Crippen molar-refractivity contribution in [3.05, 3.63) is 17.5 Å². The fraction of sp³-hybridized carbons (Fsp3) is 0.821. The van der Waals surface area contributed by atoms with Gasteiger partial charge in [0.25, 0.3) is 0 Å². The van der Waals surface area contributed by atoms with Crippen LogP contribution in [0.1, 0.15) is 77.0 Å². The molecule has 0 spiro atoms. The average Bonchev–Trinajstić information content (AvgIpc) is 3.11. The van der Waals surface area contributed by atoms with Gasteiger partial charge in [-0.25, -0.2) is 0 Å². The van der Waals surface area contributed by atoms with Crippen LogP contribution in [0.25, 0.3) is 0 Å². The maximum atomic E-state index is 13.8. The van der Waals surface area contributed by atoms with E-state index < -0.39 is 5.60 Å². The van der Waals surface area contributed by atoms with Crippen molar-refractivity contribution in [3.8, 4) is 6.07 Å². The van der Waals surface area contributed by atoms with Gasteiger partial charge in [0.2, 0.25) is 0 Å². The summed E-state index contributed by atoms with van der Waals surface area (Å²) in [6.07, 6.45) is 9.72. The number of fused-ring (bicyclic) bond motifs is 7. The zero-order valence-corrected chi connectivity index (χ0v) is 20.6. The summed E-state index contributed by atoms with van der Waals surface area (Å²) in [5, 5.41) is 24.3. The van der Waals surface area contributed by atoms with Crippen molar-refractivity contribution in [3.63, 3.8) is 0 Å². The Morgan fingerprint density at radius 1 is 1.18 bits per heavy atom. The molecule has 178 valence electrons. The topological polar surface area (TPSA) is 78.9 Å². The molecule has 6 rings (SSSR count). The molecule has 5 aliphatic rings. The largest absolute Gasteiger partial charge is 0.390 e. The van der Waals surface area contributed by atoms with Gasteiger partial charge in [-0.2, -0.15) is 10.4 Å². The summed E-state index contributed by atoms with van der Waals surface area (Å²) >= 11 is 0. The van der Waals surface area contributed by atoms with Crippen LogP contribution < -0.4 is 0 Å². The van der Waals surface area contributed by atoms with Gasteiger partial charge in [-0.3, -0.25) is 9.48 Å². The molecule has 0 aromatic carbocycles. The molecule has 0 radical (unpaired) electrons. The van der Waals surface area contributed by atoms with Gasteiger partial charge < -0.3 is 5.11 Å². The van der Waals surface area contributed by atoms with Gasteiger partial charge in [0.05, 0.1) is 23.1 Å².